The largest absolute Gasteiger partial charge is 0.267 e. The zero-order valence-corrected chi connectivity index (χ0v) is 7.65. The molecule has 0 fully saturated rings. The average Bonchev–Trinajstić information content (AvgIpc) is 2.58. The van der Waals surface area contributed by atoms with Gasteiger partial charge in [0, 0.05) is 5.38 Å². The third-order valence-corrected chi connectivity index (χ3v) is 2.17. The van der Waals surface area contributed by atoms with E-state index in [0.717, 1.165) is 11.4 Å². The second-order valence-corrected chi connectivity index (χ2v) is 3.30. The molecule has 0 aliphatic carbocycles. The number of aromatic amines is 1. The molecule has 2 aromatic heterocycles. The van der Waals surface area contributed by atoms with Crippen LogP contribution in [0.4, 0.5) is 0 Å². The maximum absolute atomic E-state index is 4.87. The lowest BCUT2D eigenvalue weighted by molar-refractivity contribution is 1.02. The van der Waals surface area contributed by atoms with E-state index in [0.29, 0.717) is 4.64 Å². The molecule has 2 rings (SSSR count). The molecule has 1 N–H and O–H groups in total. The van der Waals surface area contributed by atoms with Crippen LogP contribution in [0.3, 0.4) is 0 Å². The maximum Gasteiger partial charge on any atom is 0.119 e. The summed E-state index contributed by atoms with van der Waals surface area (Å²) in [6.07, 6.45) is 0. The van der Waals surface area contributed by atoms with Crippen molar-refractivity contribution in [2.24, 2.45) is 0 Å². The van der Waals surface area contributed by atoms with Gasteiger partial charge in [0.25, 0.3) is 0 Å². The number of aromatic nitrogens is 3. The first kappa shape index (κ1) is 7.57. The molecule has 0 radical (unpaired) electrons. The Morgan fingerprint density at radius 1 is 1.25 bits per heavy atom. The molecule has 0 saturated heterocycles. The van der Waals surface area contributed by atoms with Gasteiger partial charge in [0.1, 0.15) is 16.0 Å². The number of hydrogen-bond donors (Lipinski definition) is 1. The van der Waals surface area contributed by atoms with Crippen LogP contribution in [0.1, 0.15) is 0 Å². The van der Waals surface area contributed by atoms with Crippen LogP contribution in [-0.4, -0.2) is 14.6 Å². The highest BCUT2D eigenvalue weighted by atomic mass is 32.1. The van der Waals surface area contributed by atoms with Gasteiger partial charge in [0.2, 0.25) is 0 Å². The van der Waals surface area contributed by atoms with Crippen molar-refractivity contribution in [2.45, 2.75) is 0 Å². The number of nitrogens with one attached hydrogen (secondary N) is 1. The molecule has 0 atom stereocenters. The highest BCUT2D eigenvalue weighted by Crippen LogP contribution is 2.13. The van der Waals surface area contributed by atoms with Crippen molar-refractivity contribution in [1.29, 1.82) is 0 Å². The Hall–Kier alpha value is -1.07. The summed E-state index contributed by atoms with van der Waals surface area (Å²) in [7, 11) is 0. The Bertz CT molecular complexity index is 398. The lowest BCUT2D eigenvalue weighted by Gasteiger charge is -1.91. The first-order chi connectivity index (χ1) is 5.86. The van der Waals surface area contributed by atoms with Gasteiger partial charge in [-0.1, -0.05) is 12.2 Å². The first-order valence-corrected chi connectivity index (χ1v) is 4.57. The van der Waals surface area contributed by atoms with Crippen LogP contribution in [0.25, 0.3) is 11.4 Å². The highest BCUT2D eigenvalue weighted by molar-refractivity contribution is 7.71. The SMILES string of the molecule is S=c1ccc(-c2ccsn2)n[nH]1. The third-order valence-electron chi connectivity index (χ3n) is 1.38. The van der Waals surface area contributed by atoms with Crippen molar-refractivity contribution in [1.82, 2.24) is 14.6 Å². The van der Waals surface area contributed by atoms with Crippen LogP contribution in [0.5, 0.6) is 0 Å². The van der Waals surface area contributed by atoms with Crippen LogP contribution in [0.15, 0.2) is 23.6 Å². The minimum atomic E-state index is 0.633. The Morgan fingerprint density at radius 3 is 2.75 bits per heavy atom. The molecule has 0 aromatic carbocycles. The van der Waals surface area contributed by atoms with Gasteiger partial charge in [-0.2, -0.15) is 9.47 Å². The van der Waals surface area contributed by atoms with Gasteiger partial charge < -0.3 is 0 Å². The molecule has 0 spiro atoms. The predicted octanol–water partition coefficient (Wildman–Crippen LogP) is 2.26. The van der Waals surface area contributed by atoms with E-state index in [4.69, 9.17) is 12.2 Å². The second kappa shape index (κ2) is 3.12. The van der Waals surface area contributed by atoms with Crippen molar-refractivity contribution in [2.75, 3.05) is 0 Å². The van der Waals surface area contributed by atoms with E-state index >= 15 is 0 Å². The average molecular weight is 195 g/mol. The summed E-state index contributed by atoms with van der Waals surface area (Å²) >= 11 is 6.27. The number of hydrogen-bond acceptors (Lipinski definition) is 4. The zero-order valence-electron chi connectivity index (χ0n) is 6.02. The van der Waals surface area contributed by atoms with Crippen molar-refractivity contribution in [3.63, 3.8) is 0 Å². The summed E-state index contributed by atoms with van der Waals surface area (Å²) in [5, 5.41) is 8.67. The highest BCUT2D eigenvalue weighted by Gasteiger charge is 1.98. The second-order valence-electron chi connectivity index (χ2n) is 2.19. The summed E-state index contributed by atoms with van der Waals surface area (Å²) in [6, 6.07) is 5.58. The molecule has 0 amide bonds. The van der Waals surface area contributed by atoms with Gasteiger partial charge in [0.05, 0.1) is 0 Å². The van der Waals surface area contributed by atoms with E-state index in [9.17, 15) is 0 Å². The lowest BCUT2D eigenvalue weighted by atomic mass is 10.3. The molecule has 0 aliphatic heterocycles. The Morgan fingerprint density at radius 2 is 2.17 bits per heavy atom. The molecular formula is C7H5N3S2. The van der Waals surface area contributed by atoms with Crippen molar-refractivity contribution in [3.8, 4) is 11.4 Å². The van der Waals surface area contributed by atoms with Crippen molar-refractivity contribution < 1.29 is 0 Å². The lowest BCUT2D eigenvalue weighted by Crippen LogP contribution is -1.85. The van der Waals surface area contributed by atoms with Gasteiger partial charge >= 0.3 is 0 Å². The minimum Gasteiger partial charge on any atom is -0.267 e. The van der Waals surface area contributed by atoms with Gasteiger partial charge in [-0.15, -0.1) is 0 Å². The molecule has 60 valence electrons. The minimum absolute atomic E-state index is 0.633. The molecule has 0 bridgehead atoms. The number of rotatable bonds is 1. The van der Waals surface area contributed by atoms with Crippen molar-refractivity contribution in [3.05, 3.63) is 28.2 Å². The zero-order chi connectivity index (χ0) is 8.39. The van der Waals surface area contributed by atoms with Crippen LogP contribution in [0.2, 0.25) is 0 Å². The van der Waals surface area contributed by atoms with E-state index in [2.05, 4.69) is 14.6 Å². The van der Waals surface area contributed by atoms with Crippen LogP contribution >= 0.6 is 23.8 Å². The first-order valence-electron chi connectivity index (χ1n) is 3.33. The molecule has 3 nitrogen and oxygen atoms in total. The van der Waals surface area contributed by atoms with Crippen LogP contribution < -0.4 is 0 Å². The van der Waals surface area contributed by atoms with Gasteiger partial charge in [0.15, 0.2) is 0 Å². The molecule has 0 aliphatic rings. The van der Waals surface area contributed by atoms with E-state index in [1.165, 1.54) is 11.5 Å². The van der Waals surface area contributed by atoms with Crippen molar-refractivity contribution >= 4 is 23.8 Å². The molecule has 5 heteroatoms. The smallest absolute Gasteiger partial charge is 0.119 e. The maximum atomic E-state index is 4.87. The van der Waals surface area contributed by atoms with Gasteiger partial charge in [-0.25, -0.2) is 0 Å². The van der Waals surface area contributed by atoms with Gasteiger partial charge in [-0.05, 0) is 29.7 Å². The van der Waals surface area contributed by atoms with Crippen LogP contribution in [-0.2, 0) is 0 Å². The number of H-pyrrole nitrogens is 1. The monoisotopic (exact) mass is 195 g/mol. The molecule has 2 aromatic rings. The molecule has 0 saturated carbocycles. The summed E-state index contributed by atoms with van der Waals surface area (Å²) in [5.41, 5.74) is 1.70. The number of nitrogens with zero attached hydrogens (tertiary/aromatic N) is 2. The van der Waals surface area contributed by atoms with E-state index in [1.54, 1.807) is 6.07 Å². The topological polar surface area (TPSA) is 41.6 Å². The molecule has 0 unspecified atom stereocenters. The fourth-order valence-electron chi connectivity index (χ4n) is 0.832. The standard InChI is InChI=1S/C7H5N3S2/c11-7-2-1-5(8-9-7)6-3-4-12-10-6/h1-4H,(H,9,11). The summed E-state index contributed by atoms with van der Waals surface area (Å²) < 4.78 is 4.77. The molecule has 12 heavy (non-hydrogen) atoms. The van der Waals surface area contributed by atoms with Gasteiger partial charge in [-0.3, -0.25) is 5.10 Å². The fourth-order valence-corrected chi connectivity index (χ4v) is 1.46. The molecule has 2 heterocycles. The Kier molecular flexibility index (Phi) is 1.97. The van der Waals surface area contributed by atoms with E-state index in [1.807, 2.05) is 17.5 Å². The predicted molar refractivity (Wildman–Crippen MR) is 50.5 cm³/mol. The Balaban J connectivity index is 2.49. The quantitative estimate of drug-likeness (QED) is 0.710. The third kappa shape index (κ3) is 1.41. The molecular weight excluding hydrogens is 190 g/mol. The van der Waals surface area contributed by atoms with E-state index in [-0.39, 0.29) is 0 Å². The summed E-state index contributed by atoms with van der Waals surface area (Å²) in [4.78, 5) is 0. The fraction of sp³-hybridized carbons (Fsp3) is 0. The van der Waals surface area contributed by atoms with E-state index < -0.39 is 0 Å². The normalized spacial score (nSPS) is 10.0. The Labute approximate surface area is 78.3 Å². The summed E-state index contributed by atoms with van der Waals surface area (Å²) in [6.45, 7) is 0. The van der Waals surface area contributed by atoms with Crippen LogP contribution in [0, 0.1) is 4.64 Å². The summed E-state index contributed by atoms with van der Waals surface area (Å²) in [5.74, 6) is 0.